The van der Waals surface area contributed by atoms with Gasteiger partial charge in [0.2, 0.25) is 0 Å². The summed E-state index contributed by atoms with van der Waals surface area (Å²) in [5.74, 6) is 0.714. The molecule has 3 nitrogen and oxygen atoms in total. The molecule has 1 aliphatic heterocycles. The third kappa shape index (κ3) is 2.97. The van der Waals surface area contributed by atoms with Gasteiger partial charge in [-0.25, -0.2) is 0 Å². The molecule has 1 fully saturated rings. The van der Waals surface area contributed by atoms with Crippen molar-refractivity contribution < 1.29 is 0 Å². The third-order valence-corrected chi connectivity index (χ3v) is 2.35. The minimum Gasteiger partial charge on any atom is -0.306 e. The first-order valence-corrected chi connectivity index (χ1v) is 4.30. The van der Waals surface area contributed by atoms with Crippen molar-refractivity contribution in [3.05, 3.63) is 4.91 Å². The molecule has 0 aromatic heterocycles. The van der Waals surface area contributed by atoms with Gasteiger partial charge in [-0.15, -0.1) is 0 Å². The quantitative estimate of drug-likeness (QED) is 0.580. The SMILES string of the molecule is CN1CCCC(CCN=O)C1. The Morgan fingerprint density at radius 3 is 3.09 bits per heavy atom. The van der Waals surface area contributed by atoms with Gasteiger partial charge in [0.05, 0.1) is 6.54 Å². The molecule has 0 amide bonds. The van der Waals surface area contributed by atoms with E-state index in [1.807, 2.05) is 0 Å². The number of likely N-dealkylation sites (tertiary alicyclic amines) is 1. The fourth-order valence-corrected chi connectivity index (χ4v) is 1.74. The molecule has 0 spiro atoms. The molecule has 64 valence electrons. The van der Waals surface area contributed by atoms with Crippen LogP contribution in [0.15, 0.2) is 5.18 Å². The van der Waals surface area contributed by atoms with Gasteiger partial charge in [-0.3, -0.25) is 0 Å². The van der Waals surface area contributed by atoms with Gasteiger partial charge in [0.25, 0.3) is 0 Å². The number of hydrogen-bond donors (Lipinski definition) is 0. The zero-order valence-electron chi connectivity index (χ0n) is 7.12. The smallest absolute Gasteiger partial charge is 0.0814 e. The van der Waals surface area contributed by atoms with Crippen LogP contribution in [0.2, 0.25) is 0 Å². The average Bonchev–Trinajstić information content (AvgIpc) is 2.01. The van der Waals surface area contributed by atoms with Gasteiger partial charge in [0.1, 0.15) is 0 Å². The van der Waals surface area contributed by atoms with Crippen molar-refractivity contribution in [3.63, 3.8) is 0 Å². The standard InChI is InChI=1S/C8H16N2O/c1-10-6-2-3-8(7-10)4-5-9-11/h8H,2-7H2,1H3. The van der Waals surface area contributed by atoms with E-state index in [1.54, 1.807) is 0 Å². The number of nitroso groups, excluding NO2 is 1. The van der Waals surface area contributed by atoms with Gasteiger partial charge in [-0.2, -0.15) is 4.91 Å². The Morgan fingerprint density at radius 1 is 1.64 bits per heavy atom. The van der Waals surface area contributed by atoms with Crippen molar-refractivity contribution >= 4 is 0 Å². The Kier molecular flexibility index (Phi) is 3.49. The zero-order valence-corrected chi connectivity index (χ0v) is 7.12. The van der Waals surface area contributed by atoms with E-state index in [4.69, 9.17) is 0 Å². The van der Waals surface area contributed by atoms with Crippen molar-refractivity contribution in [3.8, 4) is 0 Å². The molecule has 0 aromatic carbocycles. The Bertz CT molecular complexity index is 127. The van der Waals surface area contributed by atoms with Crippen molar-refractivity contribution in [2.45, 2.75) is 19.3 Å². The highest BCUT2D eigenvalue weighted by Gasteiger charge is 2.16. The van der Waals surface area contributed by atoms with E-state index in [1.165, 1.54) is 19.4 Å². The first-order valence-electron chi connectivity index (χ1n) is 4.30. The van der Waals surface area contributed by atoms with E-state index in [2.05, 4.69) is 17.1 Å². The van der Waals surface area contributed by atoms with Crippen molar-refractivity contribution in [1.29, 1.82) is 0 Å². The van der Waals surface area contributed by atoms with Crippen LogP contribution in [0.4, 0.5) is 0 Å². The van der Waals surface area contributed by atoms with Crippen LogP contribution in [0, 0.1) is 10.8 Å². The minimum atomic E-state index is 0.499. The molecule has 0 aromatic rings. The third-order valence-electron chi connectivity index (χ3n) is 2.35. The van der Waals surface area contributed by atoms with Crippen LogP contribution in [0.5, 0.6) is 0 Å². The molecule has 1 heterocycles. The predicted molar refractivity (Wildman–Crippen MR) is 45.5 cm³/mol. The van der Waals surface area contributed by atoms with E-state index in [-0.39, 0.29) is 0 Å². The molecule has 0 radical (unpaired) electrons. The Morgan fingerprint density at radius 2 is 2.45 bits per heavy atom. The summed E-state index contributed by atoms with van der Waals surface area (Å²) in [5.41, 5.74) is 0. The van der Waals surface area contributed by atoms with E-state index in [0.29, 0.717) is 12.5 Å². The molecule has 0 aliphatic carbocycles. The predicted octanol–water partition coefficient (Wildman–Crippen LogP) is 1.48. The maximum atomic E-state index is 9.87. The molecule has 1 atom stereocenters. The summed E-state index contributed by atoms with van der Waals surface area (Å²) >= 11 is 0. The lowest BCUT2D eigenvalue weighted by molar-refractivity contribution is 0.204. The molecule has 0 bridgehead atoms. The fourth-order valence-electron chi connectivity index (χ4n) is 1.74. The summed E-state index contributed by atoms with van der Waals surface area (Å²) in [6.07, 6.45) is 3.54. The highest BCUT2D eigenvalue weighted by atomic mass is 16.3. The van der Waals surface area contributed by atoms with Crippen LogP contribution in [0.1, 0.15) is 19.3 Å². The van der Waals surface area contributed by atoms with Gasteiger partial charge in [0, 0.05) is 6.54 Å². The second kappa shape index (κ2) is 4.44. The first kappa shape index (κ1) is 8.65. The molecule has 11 heavy (non-hydrogen) atoms. The molecule has 1 saturated heterocycles. The van der Waals surface area contributed by atoms with Crippen molar-refractivity contribution in [1.82, 2.24) is 4.90 Å². The molecule has 1 unspecified atom stereocenters. The average molecular weight is 156 g/mol. The maximum Gasteiger partial charge on any atom is 0.0814 e. The number of hydrogen-bond acceptors (Lipinski definition) is 3. The second-order valence-electron chi connectivity index (χ2n) is 3.41. The monoisotopic (exact) mass is 156 g/mol. The molecule has 1 aliphatic rings. The zero-order chi connectivity index (χ0) is 8.10. The second-order valence-corrected chi connectivity index (χ2v) is 3.41. The molecular formula is C8H16N2O. The van der Waals surface area contributed by atoms with Gasteiger partial charge >= 0.3 is 0 Å². The molecule has 0 saturated carbocycles. The van der Waals surface area contributed by atoms with E-state index >= 15 is 0 Å². The maximum absolute atomic E-state index is 9.87. The number of piperidine rings is 1. The summed E-state index contributed by atoms with van der Waals surface area (Å²) in [7, 11) is 2.14. The van der Waals surface area contributed by atoms with E-state index in [0.717, 1.165) is 13.0 Å². The summed E-state index contributed by atoms with van der Waals surface area (Å²) in [6.45, 7) is 2.86. The molecular weight excluding hydrogens is 140 g/mol. The molecule has 0 N–H and O–H groups in total. The molecule has 3 heteroatoms. The summed E-state index contributed by atoms with van der Waals surface area (Å²) in [4.78, 5) is 12.2. The molecule has 1 rings (SSSR count). The summed E-state index contributed by atoms with van der Waals surface area (Å²) in [6, 6.07) is 0. The van der Waals surface area contributed by atoms with Crippen LogP contribution in [-0.4, -0.2) is 31.6 Å². The Hall–Kier alpha value is -0.440. The lowest BCUT2D eigenvalue weighted by Gasteiger charge is -2.28. The van der Waals surface area contributed by atoms with Gasteiger partial charge < -0.3 is 4.90 Å². The van der Waals surface area contributed by atoms with Crippen LogP contribution in [0.3, 0.4) is 0 Å². The normalized spacial score (nSPS) is 26.8. The van der Waals surface area contributed by atoms with E-state index < -0.39 is 0 Å². The Labute approximate surface area is 67.7 Å². The largest absolute Gasteiger partial charge is 0.306 e. The lowest BCUT2D eigenvalue weighted by Crippen LogP contribution is -2.32. The van der Waals surface area contributed by atoms with Crippen molar-refractivity contribution in [2.75, 3.05) is 26.7 Å². The fraction of sp³-hybridized carbons (Fsp3) is 1.00. The van der Waals surface area contributed by atoms with Crippen LogP contribution in [-0.2, 0) is 0 Å². The van der Waals surface area contributed by atoms with Crippen LogP contribution < -0.4 is 0 Å². The van der Waals surface area contributed by atoms with Gasteiger partial charge in [0.15, 0.2) is 0 Å². The topological polar surface area (TPSA) is 32.7 Å². The van der Waals surface area contributed by atoms with Crippen molar-refractivity contribution in [2.24, 2.45) is 11.1 Å². The lowest BCUT2D eigenvalue weighted by atomic mass is 9.95. The Balaban J connectivity index is 2.17. The van der Waals surface area contributed by atoms with Crippen LogP contribution >= 0.6 is 0 Å². The first-order chi connectivity index (χ1) is 5.33. The minimum absolute atomic E-state index is 0.499. The highest BCUT2D eigenvalue weighted by Crippen LogP contribution is 2.17. The highest BCUT2D eigenvalue weighted by molar-refractivity contribution is 4.70. The van der Waals surface area contributed by atoms with Gasteiger partial charge in [-0.1, -0.05) is 5.18 Å². The summed E-state index contributed by atoms with van der Waals surface area (Å²) < 4.78 is 0. The summed E-state index contributed by atoms with van der Waals surface area (Å²) in [5, 5.41) is 2.89. The van der Waals surface area contributed by atoms with E-state index in [9.17, 15) is 4.91 Å². The number of rotatable bonds is 3. The van der Waals surface area contributed by atoms with Gasteiger partial charge in [-0.05, 0) is 38.8 Å². The van der Waals surface area contributed by atoms with Crippen LogP contribution in [0.25, 0.3) is 0 Å². The number of nitrogens with zero attached hydrogens (tertiary/aromatic N) is 2.